The number of rotatable bonds is 11. The van der Waals surface area contributed by atoms with Gasteiger partial charge in [-0.05, 0) is 91.0 Å². The number of carbonyl (C=O) groups is 3. The highest BCUT2D eigenvalue weighted by atomic mass is 16.6. The van der Waals surface area contributed by atoms with Crippen molar-refractivity contribution in [3.8, 4) is 5.75 Å². The SMILES string of the molecule is CC(C)(C)OC(=O)C(CCn1nnc2ccccc2c1=O)(CC(=O)c1coc2cc(OCC3CCCC3)ccc12)C(=O)OC(C)(C)C. The Kier molecular flexibility index (Phi) is 9.56. The van der Waals surface area contributed by atoms with Crippen LogP contribution in [0, 0.1) is 11.3 Å². The molecule has 0 atom stereocenters. The second kappa shape index (κ2) is 13.3. The molecule has 1 saturated carbocycles. The molecule has 5 rings (SSSR count). The van der Waals surface area contributed by atoms with E-state index in [0.29, 0.717) is 40.1 Å². The van der Waals surface area contributed by atoms with Crippen molar-refractivity contribution in [2.45, 2.75) is 97.8 Å². The van der Waals surface area contributed by atoms with Crippen molar-refractivity contribution in [3.05, 3.63) is 64.6 Å². The van der Waals surface area contributed by atoms with Crippen molar-refractivity contribution < 1.29 is 33.0 Å². The zero-order valence-corrected chi connectivity index (χ0v) is 28.0. The third-order valence-electron chi connectivity index (χ3n) is 8.23. The number of aromatic nitrogens is 3. The van der Waals surface area contributed by atoms with Gasteiger partial charge in [0.2, 0.25) is 0 Å². The molecule has 47 heavy (non-hydrogen) atoms. The number of hydrogen-bond acceptors (Lipinski definition) is 10. The van der Waals surface area contributed by atoms with Crippen LogP contribution in [0.1, 0.15) is 90.4 Å². The molecule has 0 N–H and O–H groups in total. The first kappa shape index (κ1) is 33.8. The van der Waals surface area contributed by atoms with Crippen LogP contribution in [0.4, 0.5) is 0 Å². The molecule has 0 radical (unpaired) electrons. The van der Waals surface area contributed by atoms with E-state index in [1.54, 1.807) is 84.0 Å². The molecule has 2 aromatic heterocycles. The molecule has 1 aliphatic carbocycles. The lowest BCUT2D eigenvalue weighted by Crippen LogP contribution is -2.49. The number of nitrogens with zero attached hydrogens (tertiary/aromatic N) is 3. The van der Waals surface area contributed by atoms with Gasteiger partial charge in [0.25, 0.3) is 5.56 Å². The Morgan fingerprint density at radius 2 is 1.57 bits per heavy atom. The largest absolute Gasteiger partial charge is 0.493 e. The number of aryl methyl sites for hydroxylation is 1. The first-order valence-corrected chi connectivity index (χ1v) is 16.1. The molecule has 250 valence electrons. The topological polar surface area (TPSA) is 140 Å². The summed E-state index contributed by atoms with van der Waals surface area (Å²) < 4.78 is 24.4. The van der Waals surface area contributed by atoms with E-state index in [-0.39, 0.29) is 18.5 Å². The van der Waals surface area contributed by atoms with Gasteiger partial charge in [-0.25, -0.2) is 4.68 Å². The molecular weight excluding hydrogens is 602 g/mol. The van der Waals surface area contributed by atoms with E-state index in [2.05, 4.69) is 10.3 Å². The van der Waals surface area contributed by atoms with Crippen LogP contribution in [0.3, 0.4) is 0 Å². The number of benzene rings is 2. The Hall–Kier alpha value is -4.54. The number of fused-ring (bicyclic) bond motifs is 2. The lowest BCUT2D eigenvalue weighted by atomic mass is 9.78. The van der Waals surface area contributed by atoms with Crippen LogP contribution in [0.25, 0.3) is 21.9 Å². The van der Waals surface area contributed by atoms with Crippen LogP contribution in [0.15, 0.2) is 57.9 Å². The standard InChI is InChI=1S/C36H43N3O8/c1-34(2,3)46-32(42)36(33(43)47-35(4,5)6,17-18-39-31(41)26-13-9-10-14-28(26)37-38-39)20-29(40)27-22-45-30-19-24(15-16-25(27)30)44-21-23-11-7-8-12-23/h9-10,13-16,19,22-23H,7-8,11-12,17-18,20-21H2,1-6H3. The molecule has 0 unspecified atom stereocenters. The molecule has 0 amide bonds. The summed E-state index contributed by atoms with van der Waals surface area (Å²) in [6.07, 6.45) is 5.16. The normalized spacial score (nSPS) is 14.4. The predicted molar refractivity (Wildman–Crippen MR) is 175 cm³/mol. The molecule has 1 aliphatic rings. The fourth-order valence-electron chi connectivity index (χ4n) is 5.81. The van der Waals surface area contributed by atoms with E-state index in [0.717, 1.165) is 17.5 Å². The number of esters is 2. The van der Waals surface area contributed by atoms with Gasteiger partial charge in [0.1, 0.15) is 34.3 Å². The van der Waals surface area contributed by atoms with E-state index < -0.39 is 46.3 Å². The van der Waals surface area contributed by atoms with Gasteiger partial charge in [0.15, 0.2) is 11.2 Å². The van der Waals surface area contributed by atoms with Gasteiger partial charge in [-0.2, -0.15) is 0 Å². The maximum absolute atomic E-state index is 14.1. The molecular formula is C36H43N3O8. The first-order valence-electron chi connectivity index (χ1n) is 16.1. The number of Topliss-reactive ketones (excluding diaryl/α,β-unsaturated/α-hetero) is 1. The van der Waals surface area contributed by atoms with Gasteiger partial charge in [-0.1, -0.05) is 30.2 Å². The smallest absolute Gasteiger partial charge is 0.324 e. The Bertz CT molecular complexity index is 1810. The molecule has 2 heterocycles. The summed E-state index contributed by atoms with van der Waals surface area (Å²) in [6.45, 7) is 10.4. The highest BCUT2D eigenvalue weighted by Crippen LogP contribution is 2.38. The average Bonchev–Trinajstić information content (AvgIpc) is 3.67. The zero-order valence-electron chi connectivity index (χ0n) is 28.0. The van der Waals surface area contributed by atoms with Gasteiger partial charge < -0.3 is 18.6 Å². The van der Waals surface area contributed by atoms with Gasteiger partial charge >= 0.3 is 11.9 Å². The molecule has 1 fully saturated rings. The summed E-state index contributed by atoms with van der Waals surface area (Å²) in [7, 11) is 0. The summed E-state index contributed by atoms with van der Waals surface area (Å²) in [5.74, 6) is -1.24. The lowest BCUT2D eigenvalue weighted by molar-refractivity contribution is -0.186. The van der Waals surface area contributed by atoms with Crippen molar-refractivity contribution >= 4 is 39.6 Å². The third kappa shape index (κ3) is 7.89. The maximum atomic E-state index is 14.1. The van der Waals surface area contributed by atoms with Crippen molar-refractivity contribution in [3.63, 3.8) is 0 Å². The average molecular weight is 646 g/mol. The molecule has 0 bridgehead atoms. The molecule has 11 nitrogen and oxygen atoms in total. The minimum atomic E-state index is -2.13. The van der Waals surface area contributed by atoms with E-state index in [4.69, 9.17) is 18.6 Å². The molecule has 11 heteroatoms. The summed E-state index contributed by atoms with van der Waals surface area (Å²) in [5.41, 5.74) is -3.52. The molecule has 0 saturated heterocycles. The minimum absolute atomic E-state index is 0.196. The Morgan fingerprint density at radius 3 is 2.23 bits per heavy atom. The van der Waals surface area contributed by atoms with Gasteiger partial charge in [-0.3, -0.25) is 19.2 Å². The van der Waals surface area contributed by atoms with Crippen molar-refractivity contribution in [2.75, 3.05) is 6.61 Å². The van der Waals surface area contributed by atoms with Crippen LogP contribution in [-0.4, -0.2) is 50.5 Å². The minimum Gasteiger partial charge on any atom is -0.493 e. The quantitative estimate of drug-likeness (QED) is 0.102. The van der Waals surface area contributed by atoms with E-state index >= 15 is 0 Å². The Labute approximate surface area is 273 Å². The van der Waals surface area contributed by atoms with Crippen molar-refractivity contribution in [1.82, 2.24) is 15.0 Å². The number of ether oxygens (including phenoxy) is 3. The predicted octanol–water partition coefficient (Wildman–Crippen LogP) is 6.44. The number of ketones is 1. The van der Waals surface area contributed by atoms with Crippen LogP contribution in [0.5, 0.6) is 5.75 Å². The fraction of sp³-hybridized carbons (Fsp3) is 0.500. The zero-order chi connectivity index (χ0) is 34.0. The first-order chi connectivity index (χ1) is 22.1. The highest BCUT2D eigenvalue weighted by Gasteiger charge is 2.52. The number of furan rings is 1. The fourth-order valence-corrected chi connectivity index (χ4v) is 5.81. The second-order valence-electron chi connectivity index (χ2n) is 14.3. The molecule has 0 spiro atoms. The van der Waals surface area contributed by atoms with Gasteiger partial charge in [0.05, 0.1) is 17.6 Å². The van der Waals surface area contributed by atoms with Crippen LogP contribution in [0.2, 0.25) is 0 Å². The van der Waals surface area contributed by atoms with Crippen LogP contribution in [-0.2, 0) is 25.6 Å². The van der Waals surface area contributed by atoms with Crippen LogP contribution < -0.4 is 10.3 Å². The second-order valence-corrected chi connectivity index (χ2v) is 14.3. The molecule has 0 aliphatic heterocycles. The third-order valence-corrected chi connectivity index (χ3v) is 8.23. The van der Waals surface area contributed by atoms with Crippen LogP contribution >= 0.6 is 0 Å². The summed E-state index contributed by atoms with van der Waals surface area (Å²) in [4.78, 5) is 55.6. The summed E-state index contributed by atoms with van der Waals surface area (Å²) >= 11 is 0. The van der Waals surface area contributed by atoms with E-state index in [1.807, 2.05) is 0 Å². The van der Waals surface area contributed by atoms with Crippen molar-refractivity contribution in [2.24, 2.45) is 11.3 Å². The summed E-state index contributed by atoms with van der Waals surface area (Å²) in [5, 5.41) is 9.00. The van der Waals surface area contributed by atoms with E-state index in [1.165, 1.54) is 19.1 Å². The molecule has 4 aromatic rings. The maximum Gasteiger partial charge on any atom is 0.324 e. The Balaban J connectivity index is 1.49. The van der Waals surface area contributed by atoms with E-state index in [9.17, 15) is 19.2 Å². The van der Waals surface area contributed by atoms with Gasteiger partial charge in [0, 0.05) is 24.4 Å². The molecule has 2 aromatic carbocycles. The van der Waals surface area contributed by atoms with Crippen molar-refractivity contribution in [1.29, 1.82) is 0 Å². The number of hydrogen-bond donors (Lipinski definition) is 0. The summed E-state index contributed by atoms with van der Waals surface area (Å²) in [6, 6.07) is 12.0. The van der Waals surface area contributed by atoms with Gasteiger partial charge in [-0.15, -0.1) is 5.10 Å². The lowest BCUT2D eigenvalue weighted by Gasteiger charge is -2.34. The Morgan fingerprint density at radius 1 is 0.915 bits per heavy atom. The highest BCUT2D eigenvalue weighted by molar-refractivity contribution is 6.12. The number of carbonyl (C=O) groups excluding carboxylic acids is 3. The monoisotopic (exact) mass is 645 g/mol.